The minimum absolute atomic E-state index is 0.493. The van der Waals surface area contributed by atoms with Crippen molar-refractivity contribution in [3.8, 4) is 0 Å². The van der Waals surface area contributed by atoms with Crippen molar-refractivity contribution in [2.45, 2.75) is 43.7 Å². The molecule has 1 heterocycles. The highest BCUT2D eigenvalue weighted by atomic mass is 32.3. The first-order valence-electron chi connectivity index (χ1n) is 6.51. The van der Waals surface area contributed by atoms with Crippen LogP contribution in [0.15, 0.2) is 18.7 Å². The van der Waals surface area contributed by atoms with Crippen molar-refractivity contribution in [3.63, 3.8) is 0 Å². The number of alkyl halides is 6. The topological polar surface area (TPSA) is 98.1 Å². The number of hydrogen-bond donors (Lipinski definition) is 1. The van der Waals surface area contributed by atoms with Crippen LogP contribution < -0.4 is 4.13 Å². The van der Waals surface area contributed by atoms with E-state index in [0.717, 1.165) is 6.54 Å². The van der Waals surface area contributed by atoms with E-state index < -0.39 is 35.2 Å². The molecule has 0 saturated carbocycles. The Morgan fingerprint density at radius 1 is 0.960 bits per heavy atom. The smallest absolute Gasteiger partial charge is 0.337 e. The van der Waals surface area contributed by atoms with E-state index in [9.17, 15) is 43.2 Å². The molecule has 0 saturated heterocycles. The number of aromatic nitrogens is 2. The van der Waals surface area contributed by atoms with E-state index in [0.29, 0.717) is 0 Å². The number of rotatable bonds is 6. The fraction of sp³-hybridized carbons (Fsp3) is 0.700. The first-order chi connectivity index (χ1) is 11.1. The second kappa shape index (κ2) is 8.84. The first-order valence-corrected chi connectivity index (χ1v) is 9.47. The largest absolute Gasteiger partial charge is 0.512 e. The maximum atomic E-state index is 11.5. The van der Waals surface area contributed by atoms with Crippen molar-refractivity contribution in [2.24, 2.45) is 0 Å². The van der Waals surface area contributed by atoms with Gasteiger partial charge in [-0.25, -0.2) is 21.8 Å². The second-order valence-corrected chi connectivity index (χ2v) is 8.10. The molecule has 0 aliphatic rings. The maximum Gasteiger partial charge on any atom is 0.512 e. The zero-order valence-corrected chi connectivity index (χ0v) is 14.3. The zero-order chi connectivity index (χ0) is 19.9. The Morgan fingerprint density at radius 3 is 1.76 bits per heavy atom. The summed E-state index contributed by atoms with van der Waals surface area (Å²) in [5.41, 5.74) is -12.3. The van der Waals surface area contributed by atoms with Crippen molar-refractivity contribution >= 4 is 20.0 Å². The van der Waals surface area contributed by atoms with Gasteiger partial charge in [0.05, 0.1) is 6.33 Å². The predicted molar refractivity (Wildman–Crippen MR) is 74.8 cm³/mol. The Balaban J connectivity index is 0.000000496. The first kappa shape index (κ1) is 23.6. The zero-order valence-electron chi connectivity index (χ0n) is 12.7. The van der Waals surface area contributed by atoms with Crippen LogP contribution in [-0.4, -0.2) is 37.4 Å². The van der Waals surface area contributed by atoms with Crippen molar-refractivity contribution in [3.05, 3.63) is 18.7 Å². The Morgan fingerprint density at radius 2 is 1.44 bits per heavy atom. The third kappa shape index (κ3) is 8.04. The van der Waals surface area contributed by atoms with Gasteiger partial charge >= 0.3 is 31.1 Å². The number of hydrogen-bond acceptors (Lipinski definition) is 5. The molecule has 0 aromatic carbocycles. The van der Waals surface area contributed by atoms with Gasteiger partial charge in [0.2, 0.25) is 0 Å². The molecule has 0 aliphatic heterocycles. The number of unbranched alkanes of at least 4 members (excludes halogenated alkanes) is 2. The van der Waals surface area contributed by atoms with Crippen LogP contribution in [-0.2, 0) is 26.6 Å². The summed E-state index contributed by atoms with van der Waals surface area (Å²) in [5.74, 6) is 0. The van der Waals surface area contributed by atoms with E-state index in [1.54, 1.807) is 0 Å². The van der Waals surface area contributed by atoms with Crippen LogP contribution in [0.4, 0.5) is 26.3 Å². The van der Waals surface area contributed by atoms with Crippen LogP contribution in [0.25, 0.3) is 0 Å². The summed E-state index contributed by atoms with van der Waals surface area (Å²) in [4.78, 5) is 3.96. The van der Waals surface area contributed by atoms with Crippen LogP contribution in [0.1, 0.15) is 26.2 Å². The monoisotopic (exact) mass is 419 g/mol. The molecule has 1 aromatic heterocycles. The summed E-state index contributed by atoms with van der Waals surface area (Å²) in [6, 6.07) is 0. The summed E-state index contributed by atoms with van der Waals surface area (Å²) in [5, 5.41) is 0. The quantitative estimate of drug-likeness (QED) is 0.564. The van der Waals surface area contributed by atoms with E-state index in [1.807, 2.05) is 18.7 Å². The van der Waals surface area contributed by atoms with Gasteiger partial charge < -0.3 is 4.57 Å². The molecule has 0 amide bonds. The summed E-state index contributed by atoms with van der Waals surface area (Å²) < 4.78 is 110. The Bertz CT molecular complexity index is 669. The second-order valence-electron chi connectivity index (χ2n) is 4.49. The summed E-state index contributed by atoms with van der Waals surface area (Å²) in [6.45, 7) is 3.34. The molecule has 1 rings (SSSR count). The molecule has 0 atom stereocenters. The minimum atomic E-state index is -6.60. The predicted octanol–water partition coefficient (Wildman–Crippen LogP) is 2.35. The molecule has 15 heteroatoms. The van der Waals surface area contributed by atoms with Crippen LogP contribution in [0.3, 0.4) is 0 Å². The lowest BCUT2D eigenvalue weighted by molar-refractivity contribution is -0.0476. The molecule has 0 bridgehead atoms. The van der Waals surface area contributed by atoms with Crippen molar-refractivity contribution < 1.29 is 43.2 Å². The van der Waals surface area contributed by atoms with Gasteiger partial charge in [-0.3, -0.25) is 0 Å². The lowest BCUT2D eigenvalue weighted by atomic mass is 10.2. The number of nitrogens with one attached hydrogen (secondary N) is 1. The number of aryl methyl sites for hydroxylation is 1. The molecule has 0 unspecified atom stereocenters. The van der Waals surface area contributed by atoms with E-state index in [1.165, 1.54) is 19.3 Å². The molecule has 7 nitrogen and oxygen atoms in total. The summed E-state index contributed by atoms with van der Waals surface area (Å²) in [6.07, 6.45) is 9.58. The molecule has 0 radical (unpaired) electrons. The highest BCUT2D eigenvalue weighted by Crippen LogP contribution is 2.27. The van der Waals surface area contributed by atoms with Crippen LogP contribution in [0.2, 0.25) is 0 Å². The lowest BCUT2D eigenvalue weighted by Crippen LogP contribution is -2.45. The molecule has 1 aromatic rings. The molecule has 1 N–H and O–H groups in total. The highest BCUT2D eigenvalue weighted by Gasteiger charge is 2.55. The highest BCUT2D eigenvalue weighted by molar-refractivity contribution is 8.05. The molecule has 25 heavy (non-hydrogen) atoms. The van der Waals surface area contributed by atoms with Gasteiger partial charge in [0, 0.05) is 18.9 Å². The number of halogens is 6. The van der Waals surface area contributed by atoms with Gasteiger partial charge in [0.1, 0.15) is 0 Å². The van der Waals surface area contributed by atoms with Crippen molar-refractivity contribution in [1.82, 2.24) is 13.7 Å². The van der Waals surface area contributed by atoms with E-state index >= 15 is 0 Å². The van der Waals surface area contributed by atoms with Gasteiger partial charge in [-0.2, -0.15) is 26.3 Å². The third-order valence-corrected chi connectivity index (χ3v) is 5.38. The van der Waals surface area contributed by atoms with Gasteiger partial charge in [-0.15, -0.1) is 0 Å². The normalized spacial score (nSPS) is 13.2. The molecule has 148 valence electrons. The molecule has 0 aliphatic carbocycles. The number of nitrogens with zero attached hydrogens (tertiary/aromatic N) is 2. The molecule has 0 spiro atoms. The SMILES string of the molecule is CCCCCn1ccnc1.O=S(=O)(NS(=O)(=O)C(F)(F)F)C(F)(F)F. The summed E-state index contributed by atoms with van der Waals surface area (Å²) in [7, 11) is -13.2. The standard InChI is InChI=1S/C8H14N2.C2HF6NO4S2/c1-2-3-4-6-10-7-5-9-8-10;3-1(4,5)14(10,11)9-15(12,13)2(6,7)8/h5,7-8H,2-4,6H2,1H3;9H. The Labute approximate surface area is 140 Å². The average Bonchev–Trinajstić information content (AvgIpc) is 2.89. The average molecular weight is 419 g/mol. The van der Waals surface area contributed by atoms with E-state index in [4.69, 9.17) is 0 Å². The Kier molecular flexibility index (Phi) is 8.37. The van der Waals surface area contributed by atoms with Crippen LogP contribution >= 0.6 is 0 Å². The number of imidazole rings is 1. The van der Waals surface area contributed by atoms with E-state index in [-0.39, 0.29) is 0 Å². The minimum Gasteiger partial charge on any atom is -0.337 e. The fourth-order valence-corrected chi connectivity index (χ4v) is 3.11. The van der Waals surface area contributed by atoms with Crippen molar-refractivity contribution in [2.75, 3.05) is 0 Å². The third-order valence-electron chi connectivity index (χ3n) is 2.41. The maximum absolute atomic E-state index is 11.5. The molecular weight excluding hydrogens is 404 g/mol. The van der Waals surface area contributed by atoms with Crippen LogP contribution in [0.5, 0.6) is 0 Å². The fourth-order valence-electron chi connectivity index (χ4n) is 1.20. The van der Waals surface area contributed by atoms with Gasteiger partial charge in [0.25, 0.3) is 0 Å². The van der Waals surface area contributed by atoms with Gasteiger partial charge in [0.15, 0.2) is 0 Å². The van der Waals surface area contributed by atoms with Gasteiger partial charge in [-0.05, 0) is 6.42 Å². The van der Waals surface area contributed by atoms with E-state index in [2.05, 4.69) is 16.5 Å². The lowest BCUT2D eigenvalue weighted by Gasteiger charge is -2.11. The number of sulfonamides is 2. The van der Waals surface area contributed by atoms with Gasteiger partial charge in [-0.1, -0.05) is 23.9 Å². The summed E-state index contributed by atoms with van der Waals surface area (Å²) >= 11 is 0. The van der Waals surface area contributed by atoms with Crippen LogP contribution in [0, 0.1) is 0 Å². The molecule has 0 fully saturated rings. The van der Waals surface area contributed by atoms with Crippen molar-refractivity contribution in [1.29, 1.82) is 0 Å². The Hall–Kier alpha value is -1.35. The molecular formula is C10H15F6N3O4S2.